The highest BCUT2D eigenvalue weighted by molar-refractivity contribution is 5.88. The molecule has 4 aliphatic rings. The zero-order chi connectivity index (χ0) is 44.7. The Morgan fingerprint density at radius 3 is 1.33 bits per heavy atom. The van der Waals surface area contributed by atoms with Crippen molar-refractivity contribution >= 4 is 45.7 Å². The molecule has 4 saturated heterocycles. The number of carbonyl (C=O) groups is 4. The number of piperazine rings is 2. The van der Waals surface area contributed by atoms with Crippen LogP contribution in [0.3, 0.4) is 0 Å². The van der Waals surface area contributed by atoms with E-state index in [-0.39, 0.29) is 48.8 Å². The van der Waals surface area contributed by atoms with E-state index in [4.69, 9.17) is 9.97 Å². The summed E-state index contributed by atoms with van der Waals surface area (Å²) in [6, 6.07) is 39.1. The normalized spacial score (nSPS) is 20.4. The van der Waals surface area contributed by atoms with Crippen molar-refractivity contribution in [2.24, 2.45) is 0 Å². The fourth-order valence-corrected chi connectivity index (χ4v) is 10.6. The third-order valence-electron chi connectivity index (χ3n) is 13.8. The summed E-state index contributed by atoms with van der Waals surface area (Å²) in [5.41, 5.74) is 9.55. The Hall–Kier alpha value is -7.16. The minimum atomic E-state index is -0.549. The third-order valence-corrected chi connectivity index (χ3v) is 13.8. The second kappa shape index (κ2) is 17.7. The first-order valence-corrected chi connectivity index (χ1v) is 23.2. The molecule has 6 heterocycles. The first-order valence-electron chi connectivity index (χ1n) is 23.2. The SMILES string of the molecule is O=C1CN([C@@H](C(=O)N2CCC[C@@H]2c2nc3ccc(-c4ccc(-c5ccc6nc([C@H]7CCCN7C(=O)[C@@H](c7ccccc7)N7CCNC(=O)C7)[nH]c6c5)cc4)cc3[nH]2)c2ccccc2)CCN1. The van der Waals surface area contributed by atoms with Crippen LogP contribution >= 0.6 is 0 Å². The van der Waals surface area contributed by atoms with E-state index >= 15 is 0 Å². The van der Waals surface area contributed by atoms with Gasteiger partial charge in [0.05, 0.1) is 47.2 Å². The number of hydrogen-bond donors (Lipinski definition) is 4. The van der Waals surface area contributed by atoms with Crippen LogP contribution in [0, 0.1) is 0 Å². The van der Waals surface area contributed by atoms with Gasteiger partial charge in [-0.1, -0.05) is 97.1 Å². The maximum Gasteiger partial charge on any atom is 0.245 e. The lowest BCUT2D eigenvalue weighted by atomic mass is 10.00. The molecular weight excluding hydrogens is 829 g/mol. The molecule has 2 aromatic heterocycles. The number of aromatic amines is 2. The van der Waals surface area contributed by atoms with Gasteiger partial charge in [0.2, 0.25) is 23.6 Å². The second-order valence-corrected chi connectivity index (χ2v) is 17.9. The largest absolute Gasteiger partial charge is 0.354 e. The summed E-state index contributed by atoms with van der Waals surface area (Å²) >= 11 is 0. The molecule has 4 atom stereocenters. The number of fused-ring (bicyclic) bond motifs is 2. The molecule has 4 N–H and O–H groups in total. The number of hydrogen-bond acceptors (Lipinski definition) is 8. The highest BCUT2D eigenvalue weighted by atomic mass is 16.2. The molecule has 0 saturated carbocycles. The molecule has 66 heavy (non-hydrogen) atoms. The molecule has 0 bridgehead atoms. The maximum atomic E-state index is 14.5. The van der Waals surface area contributed by atoms with Gasteiger partial charge in [0.15, 0.2) is 0 Å². The van der Waals surface area contributed by atoms with Crippen LogP contribution in [0.15, 0.2) is 121 Å². The number of imidazole rings is 2. The lowest BCUT2D eigenvalue weighted by Gasteiger charge is -2.37. The highest BCUT2D eigenvalue weighted by Crippen LogP contribution is 2.38. The monoisotopic (exact) mass is 880 g/mol. The van der Waals surface area contributed by atoms with Gasteiger partial charge in [-0.2, -0.15) is 0 Å². The second-order valence-electron chi connectivity index (χ2n) is 17.9. The maximum absolute atomic E-state index is 14.5. The van der Waals surface area contributed by atoms with Gasteiger partial charge >= 0.3 is 0 Å². The van der Waals surface area contributed by atoms with Crippen molar-refractivity contribution in [2.45, 2.75) is 49.9 Å². The predicted octanol–water partition coefficient (Wildman–Crippen LogP) is 6.45. The predicted molar refractivity (Wildman–Crippen MR) is 252 cm³/mol. The number of nitrogens with one attached hydrogen (secondary N) is 4. The summed E-state index contributed by atoms with van der Waals surface area (Å²) in [5.74, 6) is 1.42. The molecule has 14 heteroatoms. The molecule has 11 rings (SSSR count). The molecule has 0 unspecified atom stereocenters. The van der Waals surface area contributed by atoms with Gasteiger partial charge in [0, 0.05) is 39.3 Å². The van der Waals surface area contributed by atoms with Crippen LogP contribution in [0.5, 0.6) is 0 Å². The van der Waals surface area contributed by atoms with Crippen LogP contribution in [0.4, 0.5) is 0 Å². The number of aromatic nitrogens is 4. The van der Waals surface area contributed by atoms with Crippen LogP contribution in [-0.4, -0.2) is 116 Å². The van der Waals surface area contributed by atoms with Gasteiger partial charge in [-0.05, 0) is 83.3 Å². The number of nitrogens with zero attached hydrogens (tertiary/aromatic N) is 6. The first kappa shape index (κ1) is 41.5. The lowest BCUT2D eigenvalue weighted by Crippen LogP contribution is -2.52. The molecule has 4 aliphatic heterocycles. The van der Waals surface area contributed by atoms with E-state index in [1.165, 1.54) is 0 Å². The summed E-state index contributed by atoms with van der Waals surface area (Å²) < 4.78 is 0. The van der Waals surface area contributed by atoms with Crippen molar-refractivity contribution in [3.8, 4) is 22.3 Å². The number of amides is 4. The molecule has 7 aromatic rings. The van der Waals surface area contributed by atoms with E-state index in [0.29, 0.717) is 39.3 Å². The number of likely N-dealkylation sites (tertiary alicyclic amines) is 2. The van der Waals surface area contributed by atoms with Gasteiger partial charge < -0.3 is 30.4 Å². The Morgan fingerprint density at radius 2 is 0.924 bits per heavy atom. The van der Waals surface area contributed by atoms with Crippen molar-refractivity contribution in [1.29, 1.82) is 0 Å². The summed E-state index contributed by atoms with van der Waals surface area (Å²) in [6.07, 6.45) is 3.37. The van der Waals surface area contributed by atoms with E-state index in [9.17, 15) is 19.2 Å². The van der Waals surface area contributed by atoms with Crippen molar-refractivity contribution in [2.75, 3.05) is 52.4 Å². The van der Waals surface area contributed by atoms with E-state index < -0.39 is 12.1 Å². The van der Waals surface area contributed by atoms with Crippen molar-refractivity contribution < 1.29 is 19.2 Å². The Bertz CT molecular complexity index is 2740. The van der Waals surface area contributed by atoms with Gasteiger partial charge in [0.25, 0.3) is 0 Å². The topological polar surface area (TPSA) is 163 Å². The summed E-state index contributed by atoms with van der Waals surface area (Å²) in [5, 5.41) is 5.79. The molecule has 0 aliphatic carbocycles. The fourth-order valence-electron chi connectivity index (χ4n) is 10.6. The molecule has 14 nitrogen and oxygen atoms in total. The van der Waals surface area contributed by atoms with Crippen LogP contribution in [-0.2, 0) is 19.2 Å². The van der Waals surface area contributed by atoms with Crippen molar-refractivity contribution in [1.82, 2.24) is 50.2 Å². The Labute approximate surface area is 382 Å². The van der Waals surface area contributed by atoms with Crippen LogP contribution in [0.1, 0.15) is 72.6 Å². The Morgan fingerprint density at radius 1 is 0.515 bits per heavy atom. The Kier molecular flexibility index (Phi) is 11.1. The average Bonchev–Trinajstić information content (AvgIpc) is 4.18. The number of benzene rings is 5. The first-order chi connectivity index (χ1) is 32.3. The molecule has 0 radical (unpaired) electrons. The molecule has 334 valence electrons. The number of rotatable bonds is 10. The fraction of sp³-hybridized carbons (Fsp3) is 0.308. The number of carbonyl (C=O) groups excluding carboxylic acids is 4. The third kappa shape index (κ3) is 8.00. The zero-order valence-electron chi connectivity index (χ0n) is 36.7. The van der Waals surface area contributed by atoms with Gasteiger partial charge in [-0.25, -0.2) is 9.97 Å². The number of H-pyrrole nitrogens is 2. The molecular formula is C52H52N10O4. The van der Waals surface area contributed by atoms with Crippen LogP contribution in [0.25, 0.3) is 44.3 Å². The van der Waals surface area contributed by atoms with E-state index in [1.54, 1.807) is 0 Å². The van der Waals surface area contributed by atoms with Crippen molar-refractivity contribution in [3.05, 3.63) is 144 Å². The quantitative estimate of drug-likeness (QED) is 0.122. The summed E-state index contributed by atoms with van der Waals surface area (Å²) in [4.78, 5) is 78.9. The molecule has 4 fully saturated rings. The van der Waals surface area contributed by atoms with Gasteiger partial charge in [-0.15, -0.1) is 0 Å². The minimum absolute atomic E-state index is 0.00164. The molecule has 5 aromatic carbocycles. The summed E-state index contributed by atoms with van der Waals surface area (Å²) in [6.45, 7) is 3.88. The minimum Gasteiger partial charge on any atom is -0.354 e. The van der Waals surface area contributed by atoms with E-state index in [2.05, 4.69) is 69.1 Å². The van der Waals surface area contributed by atoms with Crippen LogP contribution < -0.4 is 10.6 Å². The van der Waals surface area contributed by atoms with Crippen molar-refractivity contribution in [3.63, 3.8) is 0 Å². The van der Waals surface area contributed by atoms with E-state index in [1.807, 2.05) is 92.4 Å². The lowest BCUT2D eigenvalue weighted by molar-refractivity contribution is -0.141. The zero-order valence-corrected chi connectivity index (χ0v) is 36.7. The standard InChI is InChI=1S/C52H52N10O4/c63-45-31-59(27-23-53-45)47(35-9-3-1-4-10-35)51(65)61-25-7-13-43(61)49-55-39-21-19-37(29-41(39)57-49)33-15-17-34(18-16-33)38-20-22-40-42(30-38)58-50(56-40)44-14-8-26-62(44)52(66)48(36-11-5-2-6-12-36)60-28-24-54-46(64)32-60/h1-6,9-12,15-22,29-30,43-44,47-48H,7-8,13-14,23-28,31-32H2,(H,53,63)(H,54,64)(H,55,57)(H,56,58)/t43-,44-,47-,48-/m1/s1. The van der Waals surface area contributed by atoms with E-state index in [0.717, 1.165) is 92.8 Å². The van der Waals surface area contributed by atoms with Gasteiger partial charge in [0.1, 0.15) is 23.7 Å². The average molecular weight is 881 g/mol. The molecule has 0 spiro atoms. The molecule has 4 amide bonds. The van der Waals surface area contributed by atoms with Crippen LogP contribution in [0.2, 0.25) is 0 Å². The van der Waals surface area contributed by atoms with Gasteiger partial charge in [-0.3, -0.25) is 29.0 Å². The summed E-state index contributed by atoms with van der Waals surface area (Å²) in [7, 11) is 0. The Balaban J connectivity index is 0.801. The smallest absolute Gasteiger partial charge is 0.245 e. The highest BCUT2D eigenvalue weighted by Gasteiger charge is 2.41.